The lowest BCUT2D eigenvalue weighted by molar-refractivity contribution is 0.823. The molecule has 0 unspecified atom stereocenters. The Bertz CT molecular complexity index is 760. The molecule has 3 aromatic rings. The molecule has 5 heteroatoms. The SMILES string of the molecule is O=c1[nH]cnc2c1ccn2Cc1cccc(Cl)c1. The van der Waals surface area contributed by atoms with E-state index in [4.69, 9.17) is 11.6 Å². The van der Waals surface area contributed by atoms with Crippen molar-refractivity contribution in [2.75, 3.05) is 0 Å². The first-order valence-corrected chi connectivity index (χ1v) is 5.89. The van der Waals surface area contributed by atoms with Crippen LogP contribution < -0.4 is 5.56 Å². The van der Waals surface area contributed by atoms with E-state index < -0.39 is 0 Å². The number of benzene rings is 1. The Morgan fingerprint density at radius 1 is 1.33 bits per heavy atom. The highest BCUT2D eigenvalue weighted by Crippen LogP contribution is 2.14. The number of rotatable bonds is 2. The molecule has 2 heterocycles. The molecule has 90 valence electrons. The van der Waals surface area contributed by atoms with Gasteiger partial charge in [-0.3, -0.25) is 4.79 Å². The fourth-order valence-corrected chi connectivity index (χ4v) is 2.19. The number of aromatic nitrogens is 3. The molecule has 0 aliphatic carbocycles. The van der Waals surface area contributed by atoms with Crippen molar-refractivity contribution >= 4 is 22.6 Å². The van der Waals surface area contributed by atoms with E-state index in [2.05, 4.69) is 9.97 Å². The normalized spacial score (nSPS) is 10.9. The summed E-state index contributed by atoms with van der Waals surface area (Å²) in [6.07, 6.45) is 3.27. The van der Waals surface area contributed by atoms with E-state index in [1.807, 2.05) is 35.0 Å². The van der Waals surface area contributed by atoms with Gasteiger partial charge >= 0.3 is 0 Å². The van der Waals surface area contributed by atoms with Gasteiger partial charge in [-0.2, -0.15) is 0 Å². The summed E-state index contributed by atoms with van der Waals surface area (Å²) in [5.41, 5.74) is 1.63. The third-order valence-electron chi connectivity index (χ3n) is 2.80. The van der Waals surface area contributed by atoms with E-state index in [-0.39, 0.29) is 5.56 Å². The van der Waals surface area contributed by atoms with Gasteiger partial charge in [-0.1, -0.05) is 23.7 Å². The van der Waals surface area contributed by atoms with E-state index in [0.29, 0.717) is 22.6 Å². The van der Waals surface area contributed by atoms with Crippen molar-refractivity contribution in [3.8, 4) is 0 Å². The summed E-state index contributed by atoms with van der Waals surface area (Å²) >= 11 is 5.95. The molecule has 0 saturated carbocycles. The van der Waals surface area contributed by atoms with Gasteiger partial charge < -0.3 is 9.55 Å². The molecular weight excluding hydrogens is 250 g/mol. The lowest BCUT2D eigenvalue weighted by Gasteiger charge is -2.05. The molecule has 0 aliphatic heterocycles. The van der Waals surface area contributed by atoms with Crippen molar-refractivity contribution in [2.45, 2.75) is 6.54 Å². The average molecular weight is 260 g/mol. The quantitative estimate of drug-likeness (QED) is 0.768. The number of aromatic amines is 1. The van der Waals surface area contributed by atoms with Crippen LogP contribution in [-0.2, 0) is 6.54 Å². The van der Waals surface area contributed by atoms with Crippen molar-refractivity contribution < 1.29 is 0 Å². The van der Waals surface area contributed by atoms with Crippen LogP contribution in [0.2, 0.25) is 5.02 Å². The summed E-state index contributed by atoms with van der Waals surface area (Å²) in [6.45, 7) is 0.639. The minimum atomic E-state index is -0.121. The first-order valence-electron chi connectivity index (χ1n) is 5.51. The fourth-order valence-electron chi connectivity index (χ4n) is 1.97. The van der Waals surface area contributed by atoms with Gasteiger partial charge in [0, 0.05) is 17.8 Å². The number of H-pyrrole nitrogens is 1. The number of nitrogens with one attached hydrogen (secondary N) is 1. The molecule has 2 aromatic heterocycles. The minimum Gasteiger partial charge on any atom is -0.328 e. The zero-order valence-electron chi connectivity index (χ0n) is 9.43. The molecule has 0 fully saturated rings. The number of nitrogens with zero attached hydrogens (tertiary/aromatic N) is 2. The topological polar surface area (TPSA) is 50.7 Å². The fraction of sp³-hybridized carbons (Fsp3) is 0.0769. The number of hydrogen-bond acceptors (Lipinski definition) is 2. The predicted molar refractivity (Wildman–Crippen MR) is 70.9 cm³/mol. The van der Waals surface area contributed by atoms with E-state index in [1.165, 1.54) is 6.33 Å². The van der Waals surface area contributed by atoms with E-state index in [1.54, 1.807) is 6.07 Å². The molecule has 18 heavy (non-hydrogen) atoms. The Labute approximate surface area is 108 Å². The van der Waals surface area contributed by atoms with Crippen LogP contribution in [0.15, 0.2) is 47.7 Å². The summed E-state index contributed by atoms with van der Waals surface area (Å²) in [4.78, 5) is 18.3. The Balaban J connectivity index is 2.06. The summed E-state index contributed by atoms with van der Waals surface area (Å²) in [7, 11) is 0. The molecule has 0 aliphatic rings. The van der Waals surface area contributed by atoms with Crippen LogP contribution in [0.1, 0.15) is 5.56 Å². The second-order valence-corrected chi connectivity index (χ2v) is 4.48. The van der Waals surface area contributed by atoms with E-state index in [0.717, 1.165) is 5.56 Å². The summed E-state index contributed by atoms with van der Waals surface area (Å²) in [5, 5.41) is 1.30. The van der Waals surface area contributed by atoms with Gasteiger partial charge in [0.2, 0.25) is 0 Å². The molecule has 0 atom stereocenters. The number of fused-ring (bicyclic) bond motifs is 1. The van der Waals surface area contributed by atoms with Crippen LogP contribution >= 0.6 is 11.6 Å². The van der Waals surface area contributed by atoms with Crippen molar-refractivity contribution in [2.24, 2.45) is 0 Å². The van der Waals surface area contributed by atoms with Gasteiger partial charge in [0.05, 0.1) is 11.7 Å². The third-order valence-corrected chi connectivity index (χ3v) is 3.04. The number of hydrogen-bond donors (Lipinski definition) is 1. The van der Waals surface area contributed by atoms with Crippen LogP contribution in [0.5, 0.6) is 0 Å². The van der Waals surface area contributed by atoms with Gasteiger partial charge in [-0.25, -0.2) is 4.98 Å². The van der Waals surface area contributed by atoms with Crippen molar-refractivity contribution in [3.63, 3.8) is 0 Å². The Hall–Kier alpha value is -2.07. The molecule has 1 aromatic carbocycles. The van der Waals surface area contributed by atoms with Crippen LogP contribution in [0, 0.1) is 0 Å². The van der Waals surface area contributed by atoms with Gasteiger partial charge in [0.1, 0.15) is 5.65 Å². The maximum Gasteiger partial charge on any atom is 0.260 e. The first-order chi connectivity index (χ1) is 8.74. The second-order valence-electron chi connectivity index (χ2n) is 4.04. The van der Waals surface area contributed by atoms with E-state index >= 15 is 0 Å². The van der Waals surface area contributed by atoms with Gasteiger partial charge in [0.25, 0.3) is 5.56 Å². The van der Waals surface area contributed by atoms with Crippen molar-refractivity contribution in [3.05, 3.63) is 63.8 Å². The van der Waals surface area contributed by atoms with Crippen molar-refractivity contribution in [1.29, 1.82) is 0 Å². The summed E-state index contributed by atoms with van der Waals surface area (Å²) in [6, 6.07) is 9.41. The first kappa shape index (κ1) is 11.0. The maximum absolute atomic E-state index is 11.6. The monoisotopic (exact) mass is 259 g/mol. The highest BCUT2D eigenvalue weighted by molar-refractivity contribution is 6.30. The molecule has 1 N–H and O–H groups in total. The lowest BCUT2D eigenvalue weighted by Crippen LogP contribution is -2.07. The van der Waals surface area contributed by atoms with Crippen LogP contribution in [-0.4, -0.2) is 14.5 Å². The Morgan fingerprint density at radius 2 is 2.22 bits per heavy atom. The molecule has 0 saturated heterocycles. The zero-order chi connectivity index (χ0) is 12.5. The molecule has 0 bridgehead atoms. The van der Waals surface area contributed by atoms with Crippen LogP contribution in [0.4, 0.5) is 0 Å². The molecule has 0 spiro atoms. The highest BCUT2D eigenvalue weighted by Gasteiger charge is 2.05. The maximum atomic E-state index is 11.6. The van der Waals surface area contributed by atoms with Gasteiger partial charge in [-0.05, 0) is 23.8 Å². The minimum absolute atomic E-state index is 0.121. The predicted octanol–water partition coefficient (Wildman–Crippen LogP) is 2.43. The lowest BCUT2D eigenvalue weighted by atomic mass is 10.2. The van der Waals surface area contributed by atoms with Crippen LogP contribution in [0.3, 0.4) is 0 Å². The van der Waals surface area contributed by atoms with Gasteiger partial charge in [-0.15, -0.1) is 0 Å². The average Bonchev–Trinajstić information content (AvgIpc) is 2.74. The second kappa shape index (κ2) is 4.31. The summed E-state index contributed by atoms with van der Waals surface area (Å²) in [5.74, 6) is 0. The largest absolute Gasteiger partial charge is 0.328 e. The Kier molecular flexibility index (Phi) is 2.64. The molecule has 3 rings (SSSR count). The standard InChI is InChI=1S/C13H10ClN3O/c14-10-3-1-2-9(6-10)7-17-5-4-11-12(17)15-8-16-13(11)18/h1-6,8H,7H2,(H,15,16,18). The van der Waals surface area contributed by atoms with Crippen molar-refractivity contribution in [1.82, 2.24) is 14.5 Å². The van der Waals surface area contributed by atoms with Crippen LogP contribution in [0.25, 0.3) is 11.0 Å². The summed E-state index contributed by atoms with van der Waals surface area (Å²) < 4.78 is 1.93. The molecular formula is C13H10ClN3O. The number of halogens is 1. The Morgan fingerprint density at radius 3 is 3.06 bits per heavy atom. The third kappa shape index (κ3) is 1.91. The molecule has 0 amide bonds. The van der Waals surface area contributed by atoms with Gasteiger partial charge in [0.15, 0.2) is 0 Å². The smallest absolute Gasteiger partial charge is 0.260 e. The highest BCUT2D eigenvalue weighted by atomic mass is 35.5. The molecule has 0 radical (unpaired) electrons. The van der Waals surface area contributed by atoms with E-state index in [9.17, 15) is 4.79 Å². The molecule has 4 nitrogen and oxygen atoms in total. The zero-order valence-corrected chi connectivity index (χ0v) is 10.2.